The Morgan fingerprint density at radius 1 is 1.38 bits per heavy atom. The fourth-order valence-electron chi connectivity index (χ4n) is 3.54. The SMILES string of the molecule is CCC1COCCN1C(=O)C1(C(N)=NO)CCCCCC1. The van der Waals surface area contributed by atoms with Gasteiger partial charge in [0.1, 0.15) is 5.41 Å². The normalized spacial score (nSPS) is 27.2. The van der Waals surface area contributed by atoms with Crippen LogP contribution >= 0.6 is 0 Å². The molecule has 0 aromatic carbocycles. The van der Waals surface area contributed by atoms with Crippen molar-refractivity contribution in [3.63, 3.8) is 0 Å². The first-order valence-corrected chi connectivity index (χ1v) is 8.02. The smallest absolute Gasteiger partial charge is 0.236 e. The van der Waals surface area contributed by atoms with Crippen molar-refractivity contribution in [1.82, 2.24) is 4.90 Å². The van der Waals surface area contributed by atoms with Gasteiger partial charge >= 0.3 is 0 Å². The molecule has 0 bridgehead atoms. The summed E-state index contributed by atoms with van der Waals surface area (Å²) >= 11 is 0. The third-order valence-electron chi connectivity index (χ3n) is 4.92. The van der Waals surface area contributed by atoms with Crippen molar-refractivity contribution in [3.05, 3.63) is 0 Å². The van der Waals surface area contributed by atoms with Crippen LogP contribution in [0, 0.1) is 5.41 Å². The lowest BCUT2D eigenvalue weighted by molar-refractivity contribution is -0.148. The number of rotatable bonds is 3. The number of hydrogen-bond donors (Lipinski definition) is 2. The summed E-state index contributed by atoms with van der Waals surface area (Å²) in [6.07, 6.45) is 6.32. The quantitative estimate of drug-likeness (QED) is 0.273. The highest BCUT2D eigenvalue weighted by atomic mass is 16.5. The fourth-order valence-corrected chi connectivity index (χ4v) is 3.54. The molecular formula is C15H27N3O3. The molecule has 0 aromatic rings. The molecule has 120 valence electrons. The molecule has 3 N–H and O–H groups in total. The van der Waals surface area contributed by atoms with Gasteiger partial charge in [0.2, 0.25) is 5.91 Å². The zero-order valence-corrected chi connectivity index (χ0v) is 12.9. The second kappa shape index (κ2) is 7.11. The van der Waals surface area contributed by atoms with E-state index in [2.05, 4.69) is 12.1 Å². The molecule has 1 heterocycles. The summed E-state index contributed by atoms with van der Waals surface area (Å²) < 4.78 is 5.48. The van der Waals surface area contributed by atoms with Crippen molar-refractivity contribution >= 4 is 11.7 Å². The third kappa shape index (κ3) is 3.15. The molecule has 1 atom stereocenters. The van der Waals surface area contributed by atoms with Crippen molar-refractivity contribution in [2.75, 3.05) is 19.8 Å². The standard InChI is InChI=1S/C15H27N3O3/c1-2-12-11-21-10-9-18(12)14(19)15(13(16)17-20)7-5-3-4-6-8-15/h12,20H,2-11H2,1H3,(H2,16,17). The second-order valence-corrected chi connectivity index (χ2v) is 6.12. The van der Waals surface area contributed by atoms with Gasteiger partial charge in [0.25, 0.3) is 0 Å². The number of hydrogen-bond acceptors (Lipinski definition) is 4. The average molecular weight is 297 g/mol. The molecule has 2 fully saturated rings. The molecule has 6 nitrogen and oxygen atoms in total. The number of amides is 1. The number of morpholine rings is 1. The maximum Gasteiger partial charge on any atom is 0.236 e. The van der Waals surface area contributed by atoms with Crippen LogP contribution in [0.5, 0.6) is 0 Å². The molecule has 1 saturated heterocycles. The van der Waals surface area contributed by atoms with Crippen molar-refractivity contribution in [3.8, 4) is 0 Å². The summed E-state index contributed by atoms with van der Waals surface area (Å²) in [5, 5.41) is 12.4. The van der Waals surface area contributed by atoms with Crippen LogP contribution < -0.4 is 5.73 Å². The molecule has 1 aliphatic heterocycles. The Balaban J connectivity index is 2.28. The van der Waals surface area contributed by atoms with Crippen molar-refractivity contribution < 1.29 is 14.7 Å². The summed E-state index contributed by atoms with van der Waals surface area (Å²) in [6.45, 7) is 3.80. The van der Waals surface area contributed by atoms with Crippen molar-refractivity contribution in [1.29, 1.82) is 0 Å². The largest absolute Gasteiger partial charge is 0.409 e. The minimum atomic E-state index is -0.823. The van der Waals surface area contributed by atoms with Crippen LogP contribution in [-0.4, -0.2) is 47.7 Å². The molecule has 21 heavy (non-hydrogen) atoms. The van der Waals surface area contributed by atoms with Gasteiger partial charge in [-0.25, -0.2) is 0 Å². The Morgan fingerprint density at radius 2 is 2.05 bits per heavy atom. The lowest BCUT2D eigenvalue weighted by Crippen LogP contribution is -2.57. The Bertz CT molecular complexity index is 390. The Labute approximate surface area is 126 Å². The molecule has 1 amide bonds. The summed E-state index contributed by atoms with van der Waals surface area (Å²) in [4.78, 5) is 15.1. The molecule has 1 unspecified atom stereocenters. The van der Waals surface area contributed by atoms with Gasteiger partial charge in [-0.2, -0.15) is 0 Å². The highest BCUT2D eigenvalue weighted by Gasteiger charge is 2.47. The number of nitrogens with zero attached hydrogens (tertiary/aromatic N) is 2. The van der Waals surface area contributed by atoms with Gasteiger partial charge in [0.05, 0.1) is 19.3 Å². The molecule has 1 saturated carbocycles. The van der Waals surface area contributed by atoms with Gasteiger partial charge in [0, 0.05) is 6.54 Å². The number of ether oxygens (including phenoxy) is 1. The first-order valence-electron chi connectivity index (χ1n) is 8.02. The van der Waals surface area contributed by atoms with E-state index in [-0.39, 0.29) is 17.8 Å². The van der Waals surface area contributed by atoms with Crippen LogP contribution in [0.2, 0.25) is 0 Å². The van der Waals surface area contributed by atoms with E-state index < -0.39 is 5.41 Å². The average Bonchev–Trinajstić information content (AvgIpc) is 2.80. The van der Waals surface area contributed by atoms with Crippen LogP contribution in [0.15, 0.2) is 5.16 Å². The predicted octanol–water partition coefficient (Wildman–Crippen LogP) is 1.71. The molecule has 2 aliphatic rings. The van der Waals surface area contributed by atoms with Gasteiger partial charge < -0.3 is 20.6 Å². The molecule has 6 heteroatoms. The number of oxime groups is 1. The minimum absolute atomic E-state index is 0.0230. The van der Waals surface area contributed by atoms with E-state index in [0.29, 0.717) is 32.6 Å². The van der Waals surface area contributed by atoms with Crippen LogP contribution in [0.4, 0.5) is 0 Å². The van der Waals surface area contributed by atoms with Crippen LogP contribution in [-0.2, 0) is 9.53 Å². The van der Waals surface area contributed by atoms with E-state index in [4.69, 9.17) is 10.5 Å². The molecule has 0 aromatic heterocycles. The number of amidine groups is 1. The molecule has 0 spiro atoms. The maximum absolute atomic E-state index is 13.2. The van der Waals surface area contributed by atoms with Crippen molar-refractivity contribution in [2.45, 2.75) is 57.9 Å². The van der Waals surface area contributed by atoms with E-state index in [0.717, 1.165) is 32.1 Å². The maximum atomic E-state index is 13.2. The zero-order chi connectivity index (χ0) is 15.3. The second-order valence-electron chi connectivity index (χ2n) is 6.12. The van der Waals surface area contributed by atoms with Crippen LogP contribution in [0.3, 0.4) is 0 Å². The molecule has 2 rings (SSSR count). The monoisotopic (exact) mass is 297 g/mol. The fraction of sp³-hybridized carbons (Fsp3) is 0.867. The zero-order valence-electron chi connectivity index (χ0n) is 12.9. The summed E-state index contributed by atoms with van der Waals surface area (Å²) in [5.74, 6) is 0.102. The van der Waals surface area contributed by atoms with Crippen molar-refractivity contribution in [2.24, 2.45) is 16.3 Å². The number of nitrogens with two attached hydrogens (primary N) is 1. The summed E-state index contributed by atoms with van der Waals surface area (Å²) in [6, 6.07) is 0.0953. The van der Waals surface area contributed by atoms with Crippen LogP contribution in [0.1, 0.15) is 51.9 Å². The summed E-state index contributed by atoms with van der Waals surface area (Å²) in [7, 11) is 0. The number of carbonyl (C=O) groups is 1. The lowest BCUT2D eigenvalue weighted by Gasteiger charge is -2.41. The predicted molar refractivity (Wildman–Crippen MR) is 80.2 cm³/mol. The topological polar surface area (TPSA) is 88.2 Å². The van der Waals surface area contributed by atoms with Gasteiger partial charge in [-0.3, -0.25) is 4.79 Å². The first kappa shape index (κ1) is 16.1. The van der Waals surface area contributed by atoms with E-state index >= 15 is 0 Å². The first-order chi connectivity index (χ1) is 10.2. The summed E-state index contributed by atoms with van der Waals surface area (Å²) in [5.41, 5.74) is 5.14. The van der Waals surface area contributed by atoms with Gasteiger partial charge in [-0.05, 0) is 19.3 Å². The van der Waals surface area contributed by atoms with E-state index in [9.17, 15) is 10.0 Å². The van der Waals surface area contributed by atoms with E-state index in [1.165, 1.54) is 0 Å². The highest BCUT2D eigenvalue weighted by molar-refractivity contribution is 6.06. The lowest BCUT2D eigenvalue weighted by atomic mass is 9.77. The Hall–Kier alpha value is -1.30. The number of carbonyl (C=O) groups excluding carboxylic acids is 1. The van der Waals surface area contributed by atoms with Gasteiger partial charge in [-0.1, -0.05) is 37.8 Å². The molecule has 1 aliphatic carbocycles. The molecule has 0 radical (unpaired) electrons. The van der Waals surface area contributed by atoms with Gasteiger partial charge in [0.15, 0.2) is 5.84 Å². The van der Waals surface area contributed by atoms with E-state index in [1.807, 2.05) is 4.90 Å². The highest BCUT2D eigenvalue weighted by Crippen LogP contribution is 2.38. The Morgan fingerprint density at radius 3 is 2.62 bits per heavy atom. The van der Waals surface area contributed by atoms with Gasteiger partial charge in [-0.15, -0.1) is 0 Å². The van der Waals surface area contributed by atoms with Crippen LogP contribution in [0.25, 0.3) is 0 Å². The molecular weight excluding hydrogens is 270 g/mol. The van der Waals surface area contributed by atoms with E-state index in [1.54, 1.807) is 0 Å². The Kier molecular flexibility index (Phi) is 5.45. The minimum Gasteiger partial charge on any atom is -0.409 e. The third-order valence-corrected chi connectivity index (χ3v) is 4.92.